The topological polar surface area (TPSA) is 215 Å². The molecule has 4 bridgehead atoms. The van der Waals surface area contributed by atoms with Crippen molar-refractivity contribution in [1.29, 1.82) is 0 Å². The van der Waals surface area contributed by atoms with Crippen molar-refractivity contribution in [2.75, 3.05) is 56.4 Å². The lowest BCUT2D eigenvalue weighted by atomic mass is 9.82. The van der Waals surface area contributed by atoms with Gasteiger partial charge >= 0.3 is 19.2 Å². The normalized spacial score (nSPS) is 16.0. The van der Waals surface area contributed by atoms with E-state index in [-0.39, 0.29) is 51.1 Å². The molecule has 18 nitrogen and oxygen atoms in total. The molecule has 10 rings (SSSR count). The maximum atomic E-state index is 13.1. The maximum absolute atomic E-state index is 13.1. The molecule has 2 saturated heterocycles. The van der Waals surface area contributed by atoms with Gasteiger partial charge in [0.05, 0.1) is 41.5 Å². The SMILES string of the molecule is CCc1ccc(-c2ccc3c(n2)N(C(=O)Nc2cnccn2)[C@H]2CCN3C2)cn1.CCc1ccc(B(O)O)cn1.O=C(Nc1cnccn1)N1c2nc(Cl)ccc2N2CC[C@H]1C2.S.S. The highest BCUT2D eigenvalue weighted by atomic mass is 35.5. The predicted molar refractivity (Wildman–Crippen MR) is 259 cm³/mol. The number of anilines is 6. The second-order valence-electron chi connectivity index (χ2n) is 14.8. The van der Waals surface area contributed by atoms with Gasteiger partial charge in [0.1, 0.15) is 5.15 Å². The summed E-state index contributed by atoms with van der Waals surface area (Å²) < 4.78 is 0. The molecule has 332 valence electrons. The van der Waals surface area contributed by atoms with Gasteiger partial charge in [-0.2, -0.15) is 27.0 Å². The standard InChI is InChI=1S/C21H21N7O.C14H13ClN6O.C7H10BNO2.2H2S/c1-2-15-4-3-14(11-24-15)17-5-6-18-20(25-17)28(16-7-10-27(18)13-16)21(29)26-19-12-22-8-9-23-19;15-11-2-1-10-13(18-11)21(9-3-6-20(10)8-9)14(22)19-12-7-16-4-5-17-12;1-2-7-4-3-6(5-9-7)8(10)11;;/h3-6,8-9,11-12,16H,2,7,10,13H2,1H3,(H,23,26,29);1-2,4-5,7,9H,3,6,8H2,(H,17,19,22);3-5,10-11H,2H2,1H3;2*1H2/t16-;9-;;;/m00.../s1. The number of halogens is 1. The Morgan fingerprint density at radius 2 is 1.20 bits per heavy atom. The molecule has 0 aliphatic carbocycles. The van der Waals surface area contributed by atoms with Crippen molar-refractivity contribution in [1.82, 2.24) is 39.9 Å². The zero-order valence-corrected chi connectivity index (χ0v) is 37.8. The van der Waals surface area contributed by atoms with E-state index < -0.39 is 7.12 Å². The van der Waals surface area contributed by atoms with Gasteiger partial charge < -0.3 is 19.8 Å². The first-order valence-electron chi connectivity index (χ1n) is 20.3. The summed E-state index contributed by atoms with van der Waals surface area (Å²) in [6.45, 7) is 7.53. The van der Waals surface area contributed by atoms with Crippen LogP contribution >= 0.6 is 38.6 Å². The molecule has 10 heterocycles. The van der Waals surface area contributed by atoms with Crippen molar-refractivity contribution in [3.63, 3.8) is 0 Å². The molecule has 0 unspecified atom stereocenters. The van der Waals surface area contributed by atoms with E-state index in [2.05, 4.69) is 68.3 Å². The molecule has 4 aliphatic rings. The number of nitrogens with one attached hydrogen (secondary N) is 2. The van der Waals surface area contributed by atoms with Crippen LogP contribution in [0.5, 0.6) is 0 Å². The second-order valence-corrected chi connectivity index (χ2v) is 15.2. The summed E-state index contributed by atoms with van der Waals surface area (Å²) in [5.74, 6) is 2.12. The summed E-state index contributed by atoms with van der Waals surface area (Å²) in [7, 11) is -1.41. The van der Waals surface area contributed by atoms with Gasteiger partial charge in [0.25, 0.3) is 0 Å². The number of urea groups is 2. The molecule has 0 saturated carbocycles. The Balaban J connectivity index is 0.000000172. The average molecular weight is 923 g/mol. The lowest BCUT2D eigenvalue weighted by Crippen LogP contribution is -2.48. The van der Waals surface area contributed by atoms with Crippen LogP contribution in [0.25, 0.3) is 11.3 Å². The molecule has 6 aromatic rings. The Morgan fingerprint density at radius 3 is 1.67 bits per heavy atom. The van der Waals surface area contributed by atoms with Crippen LogP contribution in [0.1, 0.15) is 38.1 Å². The minimum atomic E-state index is -1.41. The number of carbonyl (C=O) groups is 2. The molecule has 6 aromatic heterocycles. The van der Waals surface area contributed by atoms with Crippen LogP contribution in [0.3, 0.4) is 0 Å². The summed E-state index contributed by atoms with van der Waals surface area (Å²) in [6.07, 6.45) is 16.2. The summed E-state index contributed by atoms with van der Waals surface area (Å²) in [5, 5.41) is 23.4. The van der Waals surface area contributed by atoms with E-state index in [0.717, 1.165) is 85.9 Å². The number of aryl methyl sites for hydroxylation is 2. The quantitative estimate of drug-likeness (QED) is 0.130. The molecule has 0 aromatic carbocycles. The summed E-state index contributed by atoms with van der Waals surface area (Å²) in [6, 6.07) is 14.9. The lowest BCUT2D eigenvalue weighted by Gasteiger charge is -2.35. The van der Waals surface area contributed by atoms with Crippen molar-refractivity contribution < 1.29 is 19.6 Å². The van der Waals surface area contributed by atoms with Gasteiger partial charge in [-0.25, -0.2) is 29.5 Å². The van der Waals surface area contributed by atoms with Crippen molar-refractivity contribution in [3.05, 3.63) is 115 Å². The van der Waals surface area contributed by atoms with E-state index >= 15 is 0 Å². The highest BCUT2D eigenvalue weighted by Gasteiger charge is 2.41. The molecule has 0 radical (unpaired) electrons. The van der Waals surface area contributed by atoms with E-state index in [4.69, 9.17) is 26.6 Å². The molecule has 4 amide bonds. The van der Waals surface area contributed by atoms with Crippen LogP contribution in [0.4, 0.5) is 44.2 Å². The van der Waals surface area contributed by atoms with Gasteiger partial charge in [0, 0.05) is 85.8 Å². The second kappa shape index (κ2) is 21.5. The highest BCUT2D eigenvalue weighted by Crippen LogP contribution is 2.41. The summed E-state index contributed by atoms with van der Waals surface area (Å²) in [4.78, 5) is 67.7. The number of nitrogens with zero attached hydrogens (tertiary/aromatic N) is 12. The van der Waals surface area contributed by atoms with E-state index in [1.165, 1.54) is 24.8 Å². The largest absolute Gasteiger partial charge is 0.490 e. The number of amides is 4. The van der Waals surface area contributed by atoms with E-state index in [1.54, 1.807) is 46.6 Å². The van der Waals surface area contributed by atoms with Crippen LogP contribution in [0, 0.1) is 0 Å². The average Bonchev–Trinajstić information content (AvgIpc) is 3.92. The first kappa shape index (κ1) is 47.4. The van der Waals surface area contributed by atoms with Crippen molar-refractivity contribution in [3.8, 4) is 11.3 Å². The number of carbonyl (C=O) groups excluding carboxylic acids is 2. The molecule has 2 atom stereocenters. The van der Waals surface area contributed by atoms with E-state index in [1.807, 2.05) is 37.4 Å². The molecule has 0 spiro atoms. The monoisotopic (exact) mass is 922 g/mol. The van der Waals surface area contributed by atoms with Crippen molar-refractivity contribution in [2.24, 2.45) is 0 Å². The van der Waals surface area contributed by atoms with Crippen LogP contribution < -0.4 is 35.7 Å². The number of rotatable bonds is 6. The van der Waals surface area contributed by atoms with Gasteiger partial charge in [0.2, 0.25) is 0 Å². The van der Waals surface area contributed by atoms with Gasteiger partial charge in [0.15, 0.2) is 23.3 Å². The Bertz CT molecular complexity index is 2510. The fourth-order valence-electron chi connectivity index (χ4n) is 7.73. The first-order valence-corrected chi connectivity index (χ1v) is 20.7. The number of fused-ring (bicyclic) bond motifs is 8. The molecular formula is C42H48BClN14O4S2. The summed E-state index contributed by atoms with van der Waals surface area (Å²) >= 11 is 6.01. The predicted octanol–water partition coefficient (Wildman–Crippen LogP) is 4.83. The Hall–Kier alpha value is -6.13. The highest BCUT2D eigenvalue weighted by molar-refractivity contribution is 7.59. The van der Waals surface area contributed by atoms with Crippen LogP contribution in [-0.4, -0.2) is 107 Å². The van der Waals surface area contributed by atoms with Crippen LogP contribution in [0.2, 0.25) is 5.15 Å². The maximum Gasteiger partial charge on any atom is 0.490 e. The Kier molecular flexibility index (Phi) is 15.9. The first-order chi connectivity index (χ1) is 30.2. The van der Waals surface area contributed by atoms with Crippen molar-refractivity contribution >= 4 is 97.9 Å². The van der Waals surface area contributed by atoms with Gasteiger partial charge in [-0.1, -0.05) is 31.5 Å². The third-order valence-corrected chi connectivity index (χ3v) is 11.1. The van der Waals surface area contributed by atoms with Crippen molar-refractivity contribution in [2.45, 2.75) is 51.6 Å². The fraction of sp³-hybridized carbons (Fsp3) is 0.286. The zero-order valence-electron chi connectivity index (χ0n) is 35.1. The molecule has 64 heavy (non-hydrogen) atoms. The smallest absolute Gasteiger partial charge is 0.423 e. The van der Waals surface area contributed by atoms with Gasteiger partial charge in [-0.15, -0.1) is 0 Å². The van der Waals surface area contributed by atoms with Crippen LogP contribution in [-0.2, 0) is 12.8 Å². The Labute approximate surface area is 389 Å². The van der Waals surface area contributed by atoms with E-state index in [0.29, 0.717) is 33.9 Å². The lowest BCUT2D eigenvalue weighted by molar-refractivity contribution is 0.254. The molecule has 4 aliphatic heterocycles. The Morgan fingerprint density at radius 1 is 0.672 bits per heavy atom. The molecule has 22 heteroatoms. The number of aromatic nitrogens is 8. The minimum absolute atomic E-state index is 0. The number of pyridine rings is 4. The third kappa shape index (κ3) is 10.6. The number of hydrogen-bond acceptors (Lipinski definition) is 14. The molecule has 2 fully saturated rings. The van der Waals surface area contributed by atoms with E-state index in [9.17, 15) is 9.59 Å². The summed E-state index contributed by atoms with van der Waals surface area (Å²) in [5.41, 5.74) is 6.09. The molecule has 4 N–H and O–H groups in total. The fourth-order valence-corrected chi connectivity index (χ4v) is 7.87. The zero-order chi connectivity index (χ0) is 43.2. The van der Waals surface area contributed by atoms with Crippen LogP contribution in [0.15, 0.2) is 98.1 Å². The minimum Gasteiger partial charge on any atom is -0.423 e. The van der Waals surface area contributed by atoms with Gasteiger partial charge in [-0.3, -0.25) is 40.4 Å². The van der Waals surface area contributed by atoms with Gasteiger partial charge in [-0.05, 0) is 68.1 Å². The third-order valence-electron chi connectivity index (χ3n) is 10.9. The molecular weight excluding hydrogens is 875 g/mol. The number of hydrogen-bond donors (Lipinski definition) is 4.